The predicted molar refractivity (Wildman–Crippen MR) is 73.7 cm³/mol. The molecule has 0 aliphatic heterocycles. The largest absolute Gasteiger partial charge is 0.327 e. The van der Waals surface area contributed by atoms with Crippen LogP contribution in [0.3, 0.4) is 0 Å². The van der Waals surface area contributed by atoms with Gasteiger partial charge in [0, 0.05) is 24.4 Å². The molecule has 7 heteroatoms. The number of nitrogens with two attached hydrogens (primary N) is 1. The zero-order valence-corrected chi connectivity index (χ0v) is 11.8. The van der Waals surface area contributed by atoms with E-state index in [1.54, 1.807) is 19.1 Å². The molecule has 0 aliphatic rings. The van der Waals surface area contributed by atoms with Gasteiger partial charge in [-0.1, -0.05) is 6.07 Å². The first-order chi connectivity index (χ1) is 7.79. The Morgan fingerprint density at radius 3 is 2.56 bits per heavy atom. The highest BCUT2D eigenvalue weighted by molar-refractivity contribution is 7.90. The summed E-state index contributed by atoms with van der Waals surface area (Å²) in [6.07, 6.45) is 1.32. The third-order valence-corrected chi connectivity index (χ3v) is 3.16. The molecule has 0 fully saturated rings. The number of anilines is 1. The van der Waals surface area contributed by atoms with Crippen molar-refractivity contribution in [2.24, 2.45) is 5.73 Å². The Bertz CT molecular complexity index is 515. The molecule has 0 saturated heterocycles. The van der Waals surface area contributed by atoms with Gasteiger partial charge < -0.3 is 11.1 Å². The monoisotopic (exact) mass is 292 g/mol. The molecule has 1 amide bonds. The summed E-state index contributed by atoms with van der Waals surface area (Å²) in [5, 5.41) is 2.60. The first kappa shape index (κ1) is 16.9. The number of hydrogen-bond acceptors (Lipinski definition) is 4. The number of carbonyl (C=O) groups is 1. The van der Waals surface area contributed by atoms with Crippen LogP contribution < -0.4 is 11.1 Å². The summed E-state index contributed by atoms with van der Waals surface area (Å²) in [6, 6.07) is 5.89. The van der Waals surface area contributed by atoms with Crippen molar-refractivity contribution in [3.63, 3.8) is 0 Å². The average molecular weight is 293 g/mol. The minimum atomic E-state index is -3.26. The number of sulfone groups is 1. The summed E-state index contributed by atoms with van der Waals surface area (Å²) < 4.78 is 22.6. The van der Waals surface area contributed by atoms with E-state index in [-0.39, 0.29) is 35.7 Å². The molecular formula is C11H17ClN2O3S. The van der Waals surface area contributed by atoms with Gasteiger partial charge in [0.25, 0.3) is 0 Å². The molecule has 0 aliphatic carbocycles. The molecule has 102 valence electrons. The molecule has 1 aromatic carbocycles. The highest BCUT2D eigenvalue weighted by atomic mass is 35.5. The number of rotatable bonds is 4. The summed E-state index contributed by atoms with van der Waals surface area (Å²) in [4.78, 5) is 11.6. The van der Waals surface area contributed by atoms with Gasteiger partial charge in [-0.05, 0) is 25.1 Å². The second kappa shape index (κ2) is 6.72. The lowest BCUT2D eigenvalue weighted by molar-refractivity contribution is -0.116. The topological polar surface area (TPSA) is 89.3 Å². The minimum absolute atomic E-state index is 0. The normalized spacial score (nSPS) is 12.4. The SMILES string of the molecule is CC(N)CC(=O)Nc1cccc(S(C)(=O)=O)c1.Cl. The van der Waals surface area contributed by atoms with Crippen molar-refractivity contribution < 1.29 is 13.2 Å². The van der Waals surface area contributed by atoms with E-state index < -0.39 is 9.84 Å². The molecular weight excluding hydrogens is 276 g/mol. The van der Waals surface area contributed by atoms with Crippen LogP contribution in [-0.2, 0) is 14.6 Å². The smallest absolute Gasteiger partial charge is 0.225 e. The summed E-state index contributed by atoms with van der Waals surface area (Å²) >= 11 is 0. The van der Waals surface area contributed by atoms with Gasteiger partial charge in [0.1, 0.15) is 0 Å². The van der Waals surface area contributed by atoms with Gasteiger partial charge in [-0.3, -0.25) is 4.79 Å². The Kier molecular flexibility index (Phi) is 6.31. The molecule has 0 spiro atoms. The van der Waals surface area contributed by atoms with E-state index in [1.807, 2.05) is 0 Å². The first-order valence-corrected chi connectivity index (χ1v) is 7.04. The number of amides is 1. The van der Waals surface area contributed by atoms with E-state index >= 15 is 0 Å². The van der Waals surface area contributed by atoms with Gasteiger partial charge in [-0.2, -0.15) is 0 Å². The molecule has 0 saturated carbocycles. The second-order valence-electron chi connectivity index (χ2n) is 4.03. The predicted octanol–water partition coefficient (Wildman–Crippen LogP) is 1.19. The Balaban J connectivity index is 0.00000289. The van der Waals surface area contributed by atoms with Crippen molar-refractivity contribution >= 4 is 33.8 Å². The number of halogens is 1. The lowest BCUT2D eigenvalue weighted by Gasteiger charge is -2.08. The van der Waals surface area contributed by atoms with Crippen LogP contribution in [0.2, 0.25) is 0 Å². The van der Waals surface area contributed by atoms with Gasteiger partial charge in [0.15, 0.2) is 9.84 Å². The average Bonchev–Trinajstić information content (AvgIpc) is 2.15. The summed E-state index contributed by atoms with van der Waals surface area (Å²) in [5.74, 6) is -0.231. The number of benzene rings is 1. The molecule has 1 aromatic rings. The fraction of sp³-hybridized carbons (Fsp3) is 0.364. The zero-order valence-electron chi connectivity index (χ0n) is 10.2. The fourth-order valence-electron chi connectivity index (χ4n) is 1.31. The van der Waals surface area contributed by atoms with Gasteiger partial charge in [-0.15, -0.1) is 12.4 Å². The van der Waals surface area contributed by atoms with E-state index in [4.69, 9.17) is 5.73 Å². The first-order valence-electron chi connectivity index (χ1n) is 5.14. The molecule has 3 N–H and O–H groups in total. The molecule has 1 atom stereocenters. The third kappa shape index (κ3) is 5.48. The zero-order chi connectivity index (χ0) is 13.1. The minimum Gasteiger partial charge on any atom is -0.327 e. The third-order valence-electron chi connectivity index (χ3n) is 2.05. The van der Waals surface area contributed by atoms with E-state index in [0.717, 1.165) is 6.26 Å². The van der Waals surface area contributed by atoms with Crippen molar-refractivity contribution in [1.82, 2.24) is 0 Å². The van der Waals surface area contributed by atoms with Crippen LogP contribution in [0.25, 0.3) is 0 Å². The quantitative estimate of drug-likeness (QED) is 0.872. The van der Waals surface area contributed by atoms with E-state index in [0.29, 0.717) is 5.69 Å². The molecule has 0 radical (unpaired) electrons. The Hall–Kier alpha value is -1.11. The lowest BCUT2D eigenvalue weighted by atomic mass is 10.2. The van der Waals surface area contributed by atoms with Gasteiger partial charge >= 0.3 is 0 Å². The van der Waals surface area contributed by atoms with Crippen LogP contribution in [0.5, 0.6) is 0 Å². The summed E-state index contributed by atoms with van der Waals surface area (Å²) in [6.45, 7) is 1.73. The van der Waals surface area contributed by atoms with E-state index in [1.165, 1.54) is 12.1 Å². The summed E-state index contributed by atoms with van der Waals surface area (Å²) in [5.41, 5.74) is 5.95. The van der Waals surface area contributed by atoms with Crippen molar-refractivity contribution in [2.75, 3.05) is 11.6 Å². The molecule has 5 nitrogen and oxygen atoms in total. The van der Waals surface area contributed by atoms with Crippen LogP contribution in [-0.4, -0.2) is 26.6 Å². The highest BCUT2D eigenvalue weighted by Crippen LogP contribution is 2.15. The molecule has 18 heavy (non-hydrogen) atoms. The highest BCUT2D eigenvalue weighted by Gasteiger charge is 2.09. The summed E-state index contributed by atoms with van der Waals surface area (Å²) in [7, 11) is -3.26. The second-order valence-corrected chi connectivity index (χ2v) is 6.05. The Labute approximate surface area is 113 Å². The van der Waals surface area contributed by atoms with Crippen LogP contribution >= 0.6 is 12.4 Å². The van der Waals surface area contributed by atoms with E-state index in [9.17, 15) is 13.2 Å². The Morgan fingerprint density at radius 2 is 2.06 bits per heavy atom. The lowest BCUT2D eigenvalue weighted by Crippen LogP contribution is -2.24. The van der Waals surface area contributed by atoms with E-state index in [2.05, 4.69) is 5.32 Å². The molecule has 0 bridgehead atoms. The van der Waals surface area contributed by atoms with Gasteiger partial charge in [-0.25, -0.2) is 8.42 Å². The van der Waals surface area contributed by atoms with Gasteiger partial charge in [0.05, 0.1) is 4.90 Å². The maximum atomic E-state index is 11.4. The number of carbonyl (C=O) groups excluding carboxylic acids is 1. The number of nitrogens with one attached hydrogen (secondary N) is 1. The van der Waals surface area contributed by atoms with Crippen LogP contribution in [0.4, 0.5) is 5.69 Å². The fourth-order valence-corrected chi connectivity index (χ4v) is 1.98. The van der Waals surface area contributed by atoms with Crippen LogP contribution in [0.15, 0.2) is 29.2 Å². The van der Waals surface area contributed by atoms with Gasteiger partial charge in [0.2, 0.25) is 5.91 Å². The van der Waals surface area contributed by atoms with Crippen molar-refractivity contribution in [3.8, 4) is 0 Å². The molecule has 0 heterocycles. The van der Waals surface area contributed by atoms with Crippen LogP contribution in [0, 0.1) is 0 Å². The van der Waals surface area contributed by atoms with Crippen molar-refractivity contribution in [1.29, 1.82) is 0 Å². The van der Waals surface area contributed by atoms with Crippen LogP contribution in [0.1, 0.15) is 13.3 Å². The number of hydrogen-bond donors (Lipinski definition) is 2. The van der Waals surface area contributed by atoms with Crippen molar-refractivity contribution in [2.45, 2.75) is 24.3 Å². The standard InChI is InChI=1S/C11H16N2O3S.ClH/c1-8(12)6-11(14)13-9-4-3-5-10(7-9)17(2,15)16;/h3-5,7-8H,6,12H2,1-2H3,(H,13,14);1H. The maximum Gasteiger partial charge on any atom is 0.225 e. The molecule has 1 unspecified atom stereocenters. The van der Waals surface area contributed by atoms with Crippen molar-refractivity contribution in [3.05, 3.63) is 24.3 Å². The maximum absolute atomic E-state index is 11.4. The molecule has 0 aromatic heterocycles. The molecule has 1 rings (SSSR count). The Morgan fingerprint density at radius 1 is 1.44 bits per heavy atom.